The second kappa shape index (κ2) is 10.8. The van der Waals surface area contributed by atoms with Gasteiger partial charge in [-0.15, -0.1) is 0 Å². The van der Waals surface area contributed by atoms with Crippen LogP contribution in [-0.4, -0.2) is 23.5 Å². The van der Waals surface area contributed by atoms with E-state index in [2.05, 4.69) is 15.8 Å². The van der Waals surface area contributed by atoms with Gasteiger partial charge in [-0.3, -0.25) is 9.59 Å². The summed E-state index contributed by atoms with van der Waals surface area (Å²) in [6.45, 7) is 6.74. The van der Waals surface area contributed by atoms with Crippen LogP contribution in [-0.2, 0) is 11.3 Å². The van der Waals surface area contributed by atoms with E-state index >= 15 is 0 Å². The average molecular weight is 323 g/mol. The lowest BCUT2D eigenvalue weighted by atomic mass is 9.89. The van der Waals surface area contributed by atoms with Gasteiger partial charge in [0, 0.05) is 19.0 Å². The van der Waals surface area contributed by atoms with Gasteiger partial charge in [0.15, 0.2) is 11.5 Å². The van der Waals surface area contributed by atoms with E-state index in [0.29, 0.717) is 24.6 Å². The van der Waals surface area contributed by atoms with E-state index in [1.807, 2.05) is 13.8 Å². The molecule has 1 fully saturated rings. The summed E-state index contributed by atoms with van der Waals surface area (Å²) in [5.74, 6) is 0.796. The second-order valence-electron chi connectivity index (χ2n) is 5.52. The Bertz CT molecular complexity index is 479. The SMILES string of the molecule is CC.CCC(=O)NCc1cc(C(=O)NCC2CCCCC2)no1. The van der Waals surface area contributed by atoms with Gasteiger partial charge in [0.25, 0.3) is 5.91 Å². The lowest BCUT2D eigenvalue weighted by Crippen LogP contribution is -2.30. The molecule has 0 atom stereocenters. The minimum absolute atomic E-state index is 0.0605. The van der Waals surface area contributed by atoms with E-state index < -0.39 is 0 Å². The van der Waals surface area contributed by atoms with Crippen molar-refractivity contribution in [2.75, 3.05) is 6.54 Å². The zero-order valence-electron chi connectivity index (χ0n) is 14.5. The maximum atomic E-state index is 12.0. The lowest BCUT2D eigenvalue weighted by Gasteiger charge is -2.21. The first-order chi connectivity index (χ1) is 11.2. The van der Waals surface area contributed by atoms with E-state index in [-0.39, 0.29) is 24.1 Å². The lowest BCUT2D eigenvalue weighted by molar-refractivity contribution is -0.121. The van der Waals surface area contributed by atoms with Crippen LogP contribution in [0.15, 0.2) is 10.6 Å². The topological polar surface area (TPSA) is 84.2 Å². The summed E-state index contributed by atoms with van der Waals surface area (Å²) in [5.41, 5.74) is 0.270. The van der Waals surface area contributed by atoms with E-state index in [4.69, 9.17) is 4.52 Å². The monoisotopic (exact) mass is 323 g/mol. The molecule has 0 bridgehead atoms. The molecule has 130 valence electrons. The van der Waals surface area contributed by atoms with Crippen LogP contribution in [0.5, 0.6) is 0 Å². The number of carbonyl (C=O) groups is 2. The summed E-state index contributed by atoms with van der Waals surface area (Å²) in [6, 6.07) is 1.58. The van der Waals surface area contributed by atoms with E-state index in [1.165, 1.54) is 32.1 Å². The van der Waals surface area contributed by atoms with Gasteiger partial charge in [-0.25, -0.2) is 0 Å². The maximum Gasteiger partial charge on any atom is 0.273 e. The summed E-state index contributed by atoms with van der Waals surface area (Å²) in [5, 5.41) is 9.33. The first-order valence-electron chi connectivity index (χ1n) is 8.69. The molecule has 0 saturated heterocycles. The molecule has 2 amide bonds. The van der Waals surface area contributed by atoms with Gasteiger partial charge in [0.1, 0.15) is 0 Å². The number of carbonyl (C=O) groups excluding carboxylic acids is 2. The molecule has 2 rings (SSSR count). The van der Waals surface area contributed by atoms with Crippen molar-refractivity contribution in [2.45, 2.75) is 65.8 Å². The number of nitrogens with one attached hydrogen (secondary N) is 2. The zero-order chi connectivity index (χ0) is 17.1. The van der Waals surface area contributed by atoms with Crippen molar-refractivity contribution in [3.8, 4) is 0 Å². The van der Waals surface area contributed by atoms with Gasteiger partial charge in [-0.05, 0) is 18.8 Å². The Morgan fingerprint density at radius 1 is 1.22 bits per heavy atom. The van der Waals surface area contributed by atoms with Crippen molar-refractivity contribution >= 4 is 11.8 Å². The van der Waals surface area contributed by atoms with Gasteiger partial charge in [0.2, 0.25) is 5.91 Å². The van der Waals surface area contributed by atoms with Crippen LogP contribution < -0.4 is 10.6 Å². The summed E-state index contributed by atoms with van der Waals surface area (Å²) >= 11 is 0. The molecule has 1 aliphatic carbocycles. The molecule has 23 heavy (non-hydrogen) atoms. The molecule has 0 unspecified atom stereocenters. The van der Waals surface area contributed by atoms with Crippen LogP contribution in [0.4, 0.5) is 0 Å². The van der Waals surface area contributed by atoms with Crippen molar-refractivity contribution < 1.29 is 14.1 Å². The highest BCUT2D eigenvalue weighted by Gasteiger charge is 2.17. The zero-order valence-corrected chi connectivity index (χ0v) is 14.5. The van der Waals surface area contributed by atoms with Crippen molar-refractivity contribution in [1.82, 2.24) is 15.8 Å². The van der Waals surface area contributed by atoms with Crippen LogP contribution in [0.1, 0.15) is 75.5 Å². The Hall–Kier alpha value is -1.85. The highest BCUT2D eigenvalue weighted by atomic mass is 16.5. The molecule has 1 heterocycles. The van der Waals surface area contributed by atoms with Gasteiger partial charge < -0.3 is 15.2 Å². The molecule has 1 aliphatic rings. The molecule has 6 heteroatoms. The van der Waals surface area contributed by atoms with Crippen LogP contribution in [0.3, 0.4) is 0 Å². The van der Waals surface area contributed by atoms with Crippen LogP contribution in [0.25, 0.3) is 0 Å². The molecule has 0 spiro atoms. The van der Waals surface area contributed by atoms with E-state index in [9.17, 15) is 9.59 Å². The molecule has 1 aromatic heterocycles. The maximum absolute atomic E-state index is 12.0. The molecule has 2 N–H and O–H groups in total. The molecular weight excluding hydrogens is 294 g/mol. The molecule has 0 aliphatic heterocycles. The Morgan fingerprint density at radius 2 is 1.91 bits per heavy atom. The predicted octanol–water partition coefficient (Wildman–Crippen LogP) is 3.04. The highest BCUT2D eigenvalue weighted by Crippen LogP contribution is 2.22. The molecular formula is C17H29N3O3. The molecule has 1 saturated carbocycles. The van der Waals surface area contributed by atoms with Crippen molar-refractivity contribution in [3.05, 3.63) is 17.5 Å². The Labute approximate surface area is 138 Å². The van der Waals surface area contributed by atoms with Gasteiger partial charge in [-0.1, -0.05) is 45.2 Å². The fraction of sp³-hybridized carbons (Fsp3) is 0.706. The molecule has 0 radical (unpaired) electrons. The summed E-state index contributed by atoms with van der Waals surface area (Å²) in [6.07, 6.45) is 6.61. The summed E-state index contributed by atoms with van der Waals surface area (Å²) < 4.78 is 5.05. The largest absolute Gasteiger partial charge is 0.359 e. The molecule has 0 aromatic carbocycles. The number of hydrogen-bond donors (Lipinski definition) is 2. The van der Waals surface area contributed by atoms with Crippen LogP contribution >= 0.6 is 0 Å². The average Bonchev–Trinajstić information content (AvgIpc) is 3.09. The third-order valence-corrected chi connectivity index (χ3v) is 3.85. The number of nitrogens with zero attached hydrogens (tertiary/aromatic N) is 1. The smallest absolute Gasteiger partial charge is 0.273 e. The fourth-order valence-corrected chi connectivity index (χ4v) is 2.53. The standard InChI is InChI=1S/C15H23N3O3.C2H6/c1-2-14(19)16-10-12-8-13(18-21-12)15(20)17-9-11-6-4-3-5-7-11;1-2/h8,11H,2-7,9-10H2,1H3,(H,16,19)(H,17,20);1-2H3. The minimum Gasteiger partial charge on any atom is -0.359 e. The third kappa shape index (κ3) is 6.84. The Kier molecular flexibility index (Phi) is 9.02. The van der Waals surface area contributed by atoms with Gasteiger partial charge in [-0.2, -0.15) is 0 Å². The van der Waals surface area contributed by atoms with Crippen molar-refractivity contribution in [1.29, 1.82) is 0 Å². The first-order valence-corrected chi connectivity index (χ1v) is 8.69. The van der Waals surface area contributed by atoms with Crippen LogP contribution in [0.2, 0.25) is 0 Å². The van der Waals surface area contributed by atoms with Crippen LogP contribution in [0, 0.1) is 5.92 Å². The number of hydrogen-bond acceptors (Lipinski definition) is 4. The normalized spacial score (nSPS) is 14.6. The van der Waals surface area contributed by atoms with E-state index in [0.717, 1.165) is 0 Å². The molecule has 1 aromatic rings. The predicted molar refractivity (Wildman–Crippen MR) is 88.9 cm³/mol. The quantitative estimate of drug-likeness (QED) is 0.842. The Balaban J connectivity index is 0.00000127. The highest BCUT2D eigenvalue weighted by molar-refractivity contribution is 5.92. The van der Waals surface area contributed by atoms with Crippen molar-refractivity contribution in [2.24, 2.45) is 5.92 Å². The fourth-order valence-electron chi connectivity index (χ4n) is 2.53. The summed E-state index contributed by atoms with van der Waals surface area (Å²) in [4.78, 5) is 23.1. The van der Waals surface area contributed by atoms with Crippen molar-refractivity contribution in [3.63, 3.8) is 0 Å². The van der Waals surface area contributed by atoms with Gasteiger partial charge >= 0.3 is 0 Å². The Morgan fingerprint density at radius 3 is 2.57 bits per heavy atom. The number of aromatic nitrogens is 1. The first kappa shape index (κ1) is 19.2. The van der Waals surface area contributed by atoms with Gasteiger partial charge in [0.05, 0.1) is 6.54 Å². The second-order valence-corrected chi connectivity index (χ2v) is 5.52. The number of amides is 2. The van der Waals surface area contributed by atoms with E-state index in [1.54, 1.807) is 13.0 Å². The third-order valence-electron chi connectivity index (χ3n) is 3.85. The summed E-state index contributed by atoms with van der Waals surface area (Å²) in [7, 11) is 0. The molecule has 6 nitrogen and oxygen atoms in total. The minimum atomic E-state index is -0.211. The number of rotatable bonds is 6.